The van der Waals surface area contributed by atoms with Crippen LogP contribution in [0.5, 0.6) is 0 Å². The third-order valence-electron chi connectivity index (χ3n) is 3.50. The first-order chi connectivity index (χ1) is 13.0. The highest BCUT2D eigenvalue weighted by atomic mass is 16.5. The highest BCUT2D eigenvalue weighted by Gasteiger charge is 2.02. The molecule has 8 nitrogen and oxygen atoms in total. The number of nitrogens with one attached hydrogen (secondary N) is 1. The molecule has 0 spiro atoms. The predicted molar refractivity (Wildman–Crippen MR) is 102 cm³/mol. The van der Waals surface area contributed by atoms with Crippen LogP contribution >= 0.6 is 0 Å². The molecule has 0 radical (unpaired) electrons. The van der Waals surface area contributed by atoms with Crippen LogP contribution in [-0.2, 0) is 32.0 Å². The van der Waals surface area contributed by atoms with E-state index in [1.54, 1.807) is 4.68 Å². The topological polar surface area (TPSA) is 95.3 Å². The number of allylic oxidation sites excluding steroid dienone is 1. The highest BCUT2D eigenvalue weighted by Crippen LogP contribution is 2.01. The van der Waals surface area contributed by atoms with Crippen LogP contribution < -0.4 is 5.32 Å². The van der Waals surface area contributed by atoms with Gasteiger partial charge in [0.25, 0.3) is 0 Å². The van der Waals surface area contributed by atoms with Crippen molar-refractivity contribution in [3.05, 3.63) is 24.0 Å². The average molecular weight is 380 g/mol. The maximum Gasteiger partial charge on any atom is 0.244 e. The van der Waals surface area contributed by atoms with E-state index in [1.165, 1.54) is 19.1 Å². The summed E-state index contributed by atoms with van der Waals surface area (Å²) in [6, 6.07) is 0. The largest absolute Gasteiger partial charge is 0.379 e. The normalized spacial score (nSPS) is 11.4. The van der Waals surface area contributed by atoms with E-state index in [1.807, 2.05) is 6.20 Å². The third-order valence-corrected chi connectivity index (χ3v) is 3.50. The lowest BCUT2D eigenvalue weighted by Gasteiger charge is -2.07. The molecule has 1 aromatic heterocycles. The van der Waals surface area contributed by atoms with Gasteiger partial charge in [0, 0.05) is 25.4 Å². The number of hydrogen-bond donors (Lipinski definition) is 1. The van der Waals surface area contributed by atoms with Crippen molar-refractivity contribution in [3.8, 4) is 0 Å². The van der Waals surface area contributed by atoms with Gasteiger partial charge in [-0.2, -0.15) is 0 Å². The molecule has 0 aromatic carbocycles. The minimum absolute atomic E-state index is 0.141. The Kier molecular flexibility index (Phi) is 12.0. The van der Waals surface area contributed by atoms with E-state index in [0.29, 0.717) is 38.8 Å². The summed E-state index contributed by atoms with van der Waals surface area (Å²) in [6.07, 6.45) is 6.99. The second-order valence-electron chi connectivity index (χ2n) is 6.75. The van der Waals surface area contributed by atoms with Crippen LogP contribution in [0.15, 0.2) is 18.3 Å². The van der Waals surface area contributed by atoms with Crippen LogP contribution in [0, 0.1) is 5.92 Å². The Labute approximate surface area is 161 Å². The number of unbranched alkanes of at least 4 members (excludes halogenated alkanes) is 1. The summed E-state index contributed by atoms with van der Waals surface area (Å²) < 4.78 is 12.7. The molecule has 0 aliphatic heterocycles. The maximum absolute atomic E-state index is 11.4. The maximum atomic E-state index is 11.4. The fourth-order valence-corrected chi connectivity index (χ4v) is 2.15. The molecule has 27 heavy (non-hydrogen) atoms. The number of ketones is 1. The molecule has 1 N–H and O–H groups in total. The molecule has 1 heterocycles. The summed E-state index contributed by atoms with van der Waals surface area (Å²) in [5.74, 6) is 0.155. The molecule has 8 heteroatoms. The molecule has 0 aliphatic carbocycles. The smallest absolute Gasteiger partial charge is 0.244 e. The van der Waals surface area contributed by atoms with E-state index in [9.17, 15) is 9.59 Å². The number of carbonyl (C=O) groups excluding carboxylic acids is 2. The van der Waals surface area contributed by atoms with Crippen molar-refractivity contribution in [1.29, 1.82) is 0 Å². The number of aromatic nitrogens is 3. The fraction of sp³-hybridized carbons (Fsp3) is 0.684. The summed E-state index contributed by atoms with van der Waals surface area (Å²) in [5.41, 5.74) is 0.929. The zero-order chi connectivity index (χ0) is 19.9. The second-order valence-corrected chi connectivity index (χ2v) is 6.75. The van der Waals surface area contributed by atoms with Gasteiger partial charge in [-0.3, -0.25) is 9.59 Å². The van der Waals surface area contributed by atoms with Crippen molar-refractivity contribution in [2.75, 3.05) is 33.0 Å². The van der Waals surface area contributed by atoms with Gasteiger partial charge < -0.3 is 14.8 Å². The zero-order valence-corrected chi connectivity index (χ0v) is 16.6. The number of amides is 1. The monoisotopic (exact) mass is 380 g/mol. The quantitative estimate of drug-likeness (QED) is 0.366. The first-order valence-corrected chi connectivity index (χ1v) is 9.48. The van der Waals surface area contributed by atoms with Gasteiger partial charge in [-0.25, -0.2) is 4.68 Å². The van der Waals surface area contributed by atoms with Crippen LogP contribution in [0.4, 0.5) is 0 Å². The highest BCUT2D eigenvalue weighted by molar-refractivity contribution is 5.96. The Morgan fingerprint density at radius 3 is 2.70 bits per heavy atom. The molecule has 1 rings (SSSR count). The minimum atomic E-state index is -0.245. The number of ether oxygens (including phenoxy) is 2. The molecule has 0 bridgehead atoms. The van der Waals surface area contributed by atoms with E-state index in [-0.39, 0.29) is 11.7 Å². The molecule has 0 fully saturated rings. The lowest BCUT2D eigenvalue weighted by Crippen LogP contribution is -2.22. The van der Waals surface area contributed by atoms with E-state index in [2.05, 4.69) is 29.5 Å². The lowest BCUT2D eigenvalue weighted by molar-refractivity contribution is -0.117. The Hall–Kier alpha value is -2.06. The molecule has 1 aromatic rings. The number of carbonyl (C=O) groups is 2. The number of rotatable bonds is 15. The van der Waals surface area contributed by atoms with Crippen molar-refractivity contribution in [2.24, 2.45) is 5.92 Å². The summed E-state index contributed by atoms with van der Waals surface area (Å²) in [5, 5.41) is 11.0. The van der Waals surface area contributed by atoms with Gasteiger partial charge >= 0.3 is 0 Å². The molecular weight excluding hydrogens is 348 g/mol. The molecule has 0 aliphatic rings. The Balaban J connectivity index is 2.05. The predicted octanol–water partition coefficient (Wildman–Crippen LogP) is 1.55. The number of aryl methyl sites for hydroxylation is 1. The summed E-state index contributed by atoms with van der Waals surface area (Å²) in [7, 11) is 0. The van der Waals surface area contributed by atoms with Gasteiger partial charge in [-0.05, 0) is 38.2 Å². The van der Waals surface area contributed by atoms with Crippen molar-refractivity contribution in [2.45, 2.75) is 46.6 Å². The van der Waals surface area contributed by atoms with Gasteiger partial charge in [0.05, 0.1) is 32.1 Å². The van der Waals surface area contributed by atoms with Gasteiger partial charge in [-0.15, -0.1) is 5.10 Å². The minimum Gasteiger partial charge on any atom is -0.379 e. The summed E-state index contributed by atoms with van der Waals surface area (Å²) in [4.78, 5) is 22.1. The fourth-order valence-electron chi connectivity index (χ4n) is 2.15. The van der Waals surface area contributed by atoms with Crippen LogP contribution in [-0.4, -0.2) is 59.7 Å². The SMILES string of the molecule is CC(=O)/C=C/C(=O)NCCCCc1cn(CCOCCOCC(C)C)nn1. The van der Waals surface area contributed by atoms with E-state index >= 15 is 0 Å². The van der Waals surface area contributed by atoms with Crippen molar-refractivity contribution >= 4 is 11.7 Å². The first kappa shape index (κ1) is 23.0. The molecule has 1 amide bonds. The summed E-state index contributed by atoms with van der Waals surface area (Å²) in [6.45, 7) is 9.41. The van der Waals surface area contributed by atoms with Gasteiger partial charge in [0.15, 0.2) is 5.78 Å². The van der Waals surface area contributed by atoms with Crippen LogP contribution in [0.3, 0.4) is 0 Å². The molecule has 0 saturated carbocycles. The molecule has 0 saturated heterocycles. The van der Waals surface area contributed by atoms with Gasteiger partial charge in [0.1, 0.15) is 0 Å². The molecule has 0 unspecified atom stereocenters. The first-order valence-electron chi connectivity index (χ1n) is 9.48. The lowest BCUT2D eigenvalue weighted by atomic mass is 10.2. The summed E-state index contributed by atoms with van der Waals surface area (Å²) >= 11 is 0. The second kappa shape index (κ2) is 14.1. The van der Waals surface area contributed by atoms with Gasteiger partial charge in [0.2, 0.25) is 5.91 Å². The van der Waals surface area contributed by atoms with E-state index in [4.69, 9.17) is 9.47 Å². The van der Waals surface area contributed by atoms with E-state index < -0.39 is 0 Å². The number of nitrogens with zero attached hydrogens (tertiary/aromatic N) is 3. The zero-order valence-electron chi connectivity index (χ0n) is 16.6. The van der Waals surface area contributed by atoms with Crippen LogP contribution in [0.1, 0.15) is 39.3 Å². The van der Waals surface area contributed by atoms with Crippen LogP contribution in [0.25, 0.3) is 0 Å². The number of hydrogen-bond acceptors (Lipinski definition) is 6. The Morgan fingerprint density at radius 2 is 1.96 bits per heavy atom. The molecule has 152 valence electrons. The Bertz CT molecular complexity index is 584. The Morgan fingerprint density at radius 1 is 1.19 bits per heavy atom. The van der Waals surface area contributed by atoms with Crippen molar-refractivity contribution in [3.63, 3.8) is 0 Å². The van der Waals surface area contributed by atoms with Gasteiger partial charge in [-0.1, -0.05) is 19.1 Å². The molecular formula is C19H32N4O4. The van der Waals surface area contributed by atoms with Crippen molar-refractivity contribution in [1.82, 2.24) is 20.3 Å². The third kappa shape index (κ3) is 12.9. The standard InChI is InChI=1S/C19H32N4O4/c1-16(2)15-27-13-12-26-11-10-23-14-18(21-22-23)6-4-5-9-20-19(25)8-7-17(3)24/h7-8,14,16H,4-6,9-13,15H2,1-3H3,(H,20,25)/b8-7+. The average Bonchev–Trinajstić information content (AvgIpc) is 3.06. The molecule has 0 atom stereocenters. The van der Waals surface area contributed by atoms with E-state index in [0.717, 1.165) is 31.6 Å². The van der Waals surface area contributed by atoms with Crippen LogP contribution in [0.2, 0.25) is 0 Å². The van der Waals surface area contributed by atoms with Crippen molar-refractivity contribution < 1.29 is 19.1 Å².